The first kappa shape index (κ1) is 22.1. The fourth-order valence-corrected chi connectivity index (χ4v) is 4.28. The highest BCUT2D eigenvalue weighted by molar-refractivity contribution is 6.33. The zero-order chi connectivity index (χ0) is 22.2. The maximum absolute atomic E-state index is 12.9. The van der Waals surface area contributed by atoms with Gasteiger partial charge in [-0.15, -0.1) is 0 Å². The fourth-order valence-electron chi connectivity index (χ4n) is 4.05. The molecule has 2 saturated heterocycles. The summed E-state index contributed by atoms with van der Waals surface area (Å²) in [6.45, 7) is 4.24. The van der Waals surface area contributed by atoms with Crippen molar-refractivity contribution in [3.05, 3.63) is 40.6 Å². The second-order valence-corrected chi connectivity index (χ2v) is 8.98. The Labute approximate surface area is 183 Å². The number of hydrogen-bond acceptors (Lipinski definition) is 5. The average molecular weight is 456 g/mol. The largest absolute Gasteiger partial charge is 0.416 e. The first-order valence-corrected chi connectivity index (χ1v) is 10.7. The van der Waals surface area contributed by atoms with Crippen LogP contribution in [-0.4, -0.2) is 54.8 Å². The molecule has 1 aromatic carbocycles. The standard InChI is InChI=1S/C21H25ClF3N5O/c22-16-6-15(21(23,24)25)2-3-18(16)29-19(31)20(4-1-5-20)28-9-14-11-30(12-17(14)26)10-13-7-27-8-13/h2-3,6,9,13,26-28H,1,4-5,7-8,10-12H2,(H,29,31)/b14-9-,26-17?. The predicted molar refractivity (Wildman–Crippen MR) is 113 cm³/mol. The molecule has 0 unspecified atom stereocenters. The van der Waals surface area contributed by atoms with E-state index in [4.69, 9.17) is 17.0 Å². The van der Waals surface area contributed by atoms with E-state index in [2.05, 4.69) is 20.9 Å². The monoisotopic (exact) mass is 455 g/mol. The van der Waals surface area contributed by atoms with Gasteiger partial charge in [-0.2, -0.15) is 13.2 Å². The molecule has 4 N–H and O–H groups in total. The van der Waals surface area contributed by atoms with Crippen LogP contribution in [0.4, 0.5) is 18.9 Å². The Kier molecular flexibility index (Phi) is 6.02. The van der Waals surface area contributed by atoms with Crippen LogP contribution in [0.3, 0.4) is 0 Å². The molecule has 31 heavy (non-hydrogen) atoms. The van der Waals surface area contributed by atoms with Gasteiger partial charge in [0.1, 0.15) is 5.54 Å². The van der Waals surface area contributed by atoms with Gasteiger partial charge in [0.2, 0.25) is 5.91 Å². The minimum atomic E-state index is -4.50. The Hall–Kier alpha value is -2.10. The van der Waals surface area contributed by atoms with E-state index in [0.29, 0.717) is 37.6 Å². The number of rotatable bonds is 6. The van der Waals surface area contributed by atoms with Crippen LogP contribution in [0.15, 0.2) is 30.0 Å². The molecule has 0 aromatic heterocycles. The Morgan fingerprint density at radius 1 is 1.32 bits per heavy atom. The molecule has 0 atom stereocenters. The zero-order valence-electron chi connectivity index (χ0n) is 16.9. The quantitative estimate of drug-likeness (QED) is 0.531. The molecule has 3 fully saturated rings. The number of likely N-dealkylation sites (tertiary alicyclic amines) is 1. The van der Waals surface area contributed by atoms with Crippen molar-refractivity contribution in [3.63, 3.8) is 0 Å². The van der Waals surface area contributed by atoms with E-state index in [0.717, 1.165) is 43.8 Å². The molecular weight excluding hydrogens is 431 g/mol. The van der Waals surface area contributed by atoms with Gasteiger partial charge in [-0.3, -0.25) is 9.69 Å². The number of nitrogens with zero attached hydrogens (tertiary/aromatic N) is 1. The summed E-state index contributed by atoms with van der Waals surface area (Å²) in [6.07, 6.45) is -0.668. The van der Waals surface area contributed by atoms with Gasteiger partial charge in [-0.25, -0.2) is 0 Å². The highest BCUT2D eigenvalue weighted by Gasteiger charge is 2.44. The smallest absolute Gasteiger partial charge is 0.377 e. The third kappa shape index (κ3) is 4.73. The minimum absolute atomic E-state index is 0.147. The molecule has 1 saturated carbocycles. The summed E-state index contributed by atoms with van der Waals surface area (Å²) in [5, 5.41) is 17.2. The highest BCUT2D eigenvalue weighted by atomic mass is 35.5. The molecule has 2 aliphatic heterocycles. The van der Waals surface area contributed by atoms with Crippen molar-refractivity contribution in [2.75, 3.05) is 38.0 Å². The van der Waals surface area contributed by atoms with Crippen LogP contribution in [0.5, 0.6) is 0 Å². The molecule has 0 spiro atoms. The van der Waals surface area contributed by atoms with E-state index in [1.54, 1.807) is 6.20 Å². The summed E-state index contributed by atoms with van der Waals surface area (Å²) in [6, 6.07) is 2.89. The fraction of sp³-hybridized carbons (Fsp3) is 0.524. The maximum Gasteiger partial charge on any atom is 0.416 e. The number of benzene rings is 1. The van der Waals surface area contributed by atoms with Gasteiger partial charge >= 0.3 is 6.18 Å². The van der Waals surface area contributed by atoms with E-state index in [1.165, 1.54) is 6.07 Å². The average Bonchev–Trinajstić information content (AvgIpc) is 2.98. The van der Waals surface area contributed by atoms with E-state index < -0.39 is 17.3 Å². The van der Waals surface area contributed by atoms with Crippen LogP contribution >= 0.6 is 11.6 Å². The lowest BCUT2D eigenvalue weighted by molar-refractivity contribution is -0.137. The second-order valence-electron chi connectivity index (χ2n) is 8.57. The molecule has 1 aliphatic carbocycles. The Balaban J connectivity index is 1.40. The lowest BCUT2D eigenvalue weighted by Gasteiger charge is -2.40. The van der Waals surface area contributed by atoms with Crippen LogP contribution < -0.4 is 16.0 Å². The van der Waals surface area contributed by atoms with Crippen LogP contribution in [0.1, 0.15) is 24.8 Å². The topological polar surface area (TPSA) is 80.2 Å². The third-order valence-electron chi connectivity index (χ3n) is 6.25. The van der Waals surface area contributed by atoms with Crippen LogP contribution in [0, 0.1) is 11.3 Å². The number of amides is 1. The van der Waals surface area contributed by atoms with Crippen molar-refractivity contribution in [2.24, 2.45) is 5.92 Å². The van der Waals surface area contributed by atoms with E-state index in [9.17, 15) is 18.0 Å². The van der Waals surface area contributed by atoms with Crippen LogP contribution in [0.25, 0.3) is 0 Å². The number of anilines is 1. The molecule has 0 bridgehead atoms. The van der Waals surface area contributed by atoms with Gasteiger partial charge in [0.25, 0.3) is 0 Å². The molecule has 1 amide bonds. The number of halogens is 4. The highest BCUT2D eigenvalue weighted by Crippen LogP contribution is 2.36. The van der Waals surface area contributed by atoms with Gasteiger partial charge in [0, 0.05) is 44.5 Å². The maximum atomic E-state index is 12.9. The van der Waals surface area contributed by atoms with E-state index in [1.807, 2.05) is 0 Å². The summed E-state index contributed by atoms with van der Waals surface area (Å²) >= 11 is 5.98. The summed E-state index contributed by atoms with van der Waals surface area (Å²) in [5.74, 6) is 0.288. The minimum Gasteiger partial charge on any atom is -0.377 e. The number of nitrogens with one attached hydrogen (secondary N) is 4. The van der Waals surface area contributed by atoms with Gasteiger partial charge in [0.05, 0.1) is 22.0 Å². The molecule has 3 aliphatic rings. The molecule has 0 radical (unpaired) electrons. The van der Waals surface area contributed by atoms with Crippen LogP contribution in [0.2, 0.25) is 5.02 Å². The van der Waals surface area contributed by atoms with Gasteiger partial charge in [-0.05, 0) is 43.4 Å². The van der Waals surface area contributed by atoms with Crippen molar-refractivity contribution < 1.29 is 18.0 Å². The number of carbonyl (C=O) groups excluding carboxylic acids is 1. The second kappa shape index (κ2) is 8.44. The summed E-state index contributed by atoms with van der Waals surface area (Å²) in [4.78, 5) is 15.2. The molecule has 168 valence electrons. The normalized spacial score (nSPS) is 22.8. The van der Waals surface area contributed by atoms with E-state index in [-0.39, 0.29) is 16.6 Å². The van der Waals surface area contributed by atoms with Crippen molar-refractivity contribution >= 4 is 28.9 Å². The van der Waals surface area contributed by atoms with Crippen molar-refractivity contribution in [1.29, 1.82) is 5.41 Å². The zero-order valence-corrected chi connectivity index (χ0v) is 17.7. The lowest BCUT2D eigenvalue weighted by atomic mass is 9.76. The molecule has 1 aromatic rings. The van der Waals surface area contributed by atoms with Gasteiger partial charge in [0.15, 0.2) is 0 Å². The van der Waals surface area contributed by atoms with Crippen LogP contribution in [-0.2, 0) is 11.0 Å². The summed E-state index contributed by atoms with van der Waals surface area (Å²) in [5.41, 5.74) is -0.155. The SMILES string of the molecule is N=C1CN(CC2CNC2)C/C1=C/NC1(C(=O)Nc2ccc(C(F)(F)F)cc2Cl)CCC1. The molecular formula is C21H25ClF3N5O. The third-order valence-corrected chi connectivity index (χ3v) is 6.57. The molecule has 10 heteroatoms. The predicted octanol–water partition coefficient (Wildman–Crippen LogP) is 3.25. The van der Waals surface area contributed by atoms with Gasteiger partial charge in [-0.1, -0.05) is 11.6 Å². The van der Waals surface area contributed by atoms with Crippen molar-refractivity contribution in [1.82, 2.24) is 15.5 Å². The van der Waals surface area contributed by atoms with Gasteiger partial charge < -0.3 is 21.4 Å². The lowest BCUT2D eigenvalue weighted by Crippen LogP contribution is -2.57. The Bertz CT molecular complexity index is 909. The van der Waals surface area contributed by atoms with Crippen molar-refractivity contribution in [3.8, 4) is 0 Å². The molecule has 4 rings (SSSR count). The number of carbonyl (C=O) groups is 1. The van der Waals surface area contributed by atoms with E-state index >= 15 is 0 Å². The Morgan fingerprint density at radius 3 is 2.61 bits per heavy atom. The Morgan fingerprint density at radius 2 is 2.06 bits per heavy atom. The molecule has 6 nitrogen and oxygen atoms in total. The number of alkyl halides is 3. The summed E-state index contributed by atoms with van der Waals surface area (Å²) in [7, 11) is 0. The first-order chi connectivity index (χ1) is 14.7. The first-order valence-electron chi connectivity index (χ1n) is 10.3. The molecule has 2 heterocycles. The van der Waals surface area contributed by atoms with Crippen molar-refractivity contribution in [2.45, 2.75) is 31.0 Å². The summed E-state index contributed by atoms with van der Waals surface area (Å²) < 4.78 is 38.5. The number of hydrogen-bond donors (Lipinski definition) is 4.